The van der Waals surface area contributed by atoms with E-state index in [0.29, 0.717) is 30.3 Å². The van der Waals surface area contributed by atoms with E-state index in [4.69, 9.17) is 0 Å². The Bertz CT molecular complexity index is 838. The molecule has 1 aromatic carbocycles. The molecule has 0 aliphatic rings. The Morgan fingerprint density at radius 3 is 2.64 bits per heavy atom. The molecule has 7 nitrogen and oxygen atoms in total. The molecule has 0 saturated heterocycles. The van der Waals surface area contributed by atoms with Crippen molar-refractivity contribution in [2.45, 2.75) is 6.42 Å². The highest BCUT2D eigenvalue weighted by Crippen LogP contribution is 2.11. The van der Waals surface area contributed by atoms with Crippen molar-refractivity contribution < 1.29 is 9.90 Å². The SMILES string of the molecule is O=C(NCCc1ccc(O)cc1)c1cccc(Nc2cnccn2)n1. The first-order chi connectivity index (χ1) is 12.2. The first kappa shape index (κ1) is 16.4. The monoisotopic (exact) mass is 335 g/mol. The van der Waals surface area contributed by atoms with E-state index in [1.54, 1.807) is 48.9 Å². The fourth-order valence-corrected chi connectivity index (χ4v) is 2.20. The molecule has 0 bridgehead atoms. The number of phenols is 1. The maximum absolute atomic E-state index is 12.2. The van der Waals surface area contributed by atoms with Gasteiger partial charge >= 0.3 is 0 Å². The van der Waals surface area contributed by atoms with Crippen molar-refractivity contribution in [3.63, 3.8) is 0 Å². The molecule has 2 aromatic heterocycles. The fourth-order valence-electron chi connectivity index (χ4n) is 2.20. The fraction of sp³-hybridized carbons (Fsp3) is 0.111. The lowest BCUT2D eigenvalue weighted by molar-refractivity contribution is 0.0949. The number of hydrogen-bond acceptors (Lipinski definition) is 6. The van der Waals surface area contributed by atoms with Crippen molar-refractivity contribution in [2.24, 2.45) is 0 Å². The number of nitrogens with zero attached hydrogens (tertiary/aromatic N) is 3. The van der Waals surface area contributed by atoms with Gasteiger partial charge in [-0.15, -0.1) is 0 Å². The molecule has 126 valence electrons. The van der Waals surface area contributed by atoms with Crippen LogP contribution in [0.25, 0.3) is 0 Å². The van der Waals surface area contributed by atoms with Gasteiger partial charge in [-0.3, -0.25) is 9.78 Å². The Morgan fingerprint density at radius 1 is 1.04 bits per heavy atom. The number of amides is 1. The van der Waals surface area contributed by atoms with E-state index >= 15 is 0 Å². The van der Waals surface area contributed by atoms with Crippen LogP contribution < -0.4 is 10.6 Å². The summed E-state index contributed by atoms with van der Waals surface area (Å²) in [6.45, 7) is 0.479. The van der Waals surface area contributed by atoms with E-state index in [1.165, 1.54) is 0 Å². The summed E-state index contributed by atoms with van der Waals surface area (Å²) in [5, 5.41) is 15.1. The molecule has 0 unspecified atom stereocenters. The molecule has 3 N–H and O–H groups in total. The van der Waals surface area contributed by atoms with Gasteiger partial charge in [-0.2, -0.15) is 0 Å². The molecule has 0 fully saturated rings. The molecule has 0 aliphatic heterocycles. The summed E-state index contributed by atoms with van der Waals surface area (Å²) in [5.74, 6) is 1.05. The second kappa shape index (κ2) is 7.87. The zero-order chi connectivity index (χ0) is 17.5. The van der Waals surface area contributed by atoms with Gasteiger partial charge in [0.2, 0.25) is 0 Å². The smallest absolute Gasteiger partial charge is 0.269 e. The Balaban J connectivity index is 1.56. The average molecular weight is 335 g/mol. The van der Waals surface area contributed by atoms with Crippen LogP contribution in [0, 0.1) is 0 Å². The van der Waals surface area contributed by atoms with Gasteiger partial charge in [0, 0.05) is 18.9 Å². The molecule has 0 aliphatic carbocycles. The van der Waals surface area contributed by atoms with Crippen molar-refractivity contribution in [1.82, 2.24) is 20.3 Å². The highest BCUT2D eigenvalue weighted by molar-refractivity contribution is 5.92. The average Bonchev–Trinajstić information content (AvgIpc) is 2.64. The Labute approximate surface area is 144 Å². The van der Waals surface area contributed by atoms with Crippen LogP contribution in [0.2, 0.25) is 0 Å². The van der Waals surface area contributed by atoms with E-state index in [9.17, 15) is 9.90 Å². The van der Waals surface area contributed by atoms with Gasteiger partial charge in [0.1, 0.15) is 23.1 Å². The predicted molar refractivity (Wildman–Crippen MR) is 93.7 cm³/mol. The van der Waals surface area contributed by atoms with Gasteiger partial charge < -0.3 is 15.7 Å². The van der Waals surface area contributed by atoms with Gasteiger partial charge in [0.15, 0.2) is 0 Å². The summed E-state index contributed by atoms with van der Waals surface area (Å²) >= 11 is 0. The zero-order valence-corrected chi connectivity index (χ0v) is 13.4. The van der Waals surface area contributed by atoms with Gasteiger partial charge in [-0.1, -0.05) is 18.2 Å². The van der Waals surface area contributed by atoms with Crippen LogP contribution in [-0.2, 0) is 6.42 Å². The van der Waals surface area contributed by atoms with Gasteiger partial charge in [0.25, 0.3) is 5.91 Å². The Kier molecular flexibility index (Phi) is 5.16. The molecule has 0 saturated carbocycles. The van der Waals surface area contributed by atoms with Crippen molar-refractivity contribution in [3.8, 4) is 5.75 Å². The molecular weight excluding hydrogens is 318 g/mol. The summed E-state index contributed by atoms with van der Waals surface area (Å²) in [6, 6.07) is 12.1. The number of hydrogen-bond donors (Lipinski definition) is 3. The van der Waals surface area contributed by atoms with Crippen molar-refractivity contribution in [1.29, 1.82) is 0 Å². The van der Waals surface area contributed by atoms with Crippen molar-refractivity contribution in [2.75, 3.05) is 11.9 Å². The summed E-state index contributed by atoms with van der Waals surface area (Å²) in [7, 11) is 0. The third kappa shape index (κ3) is 4.74. The minimum atomic E-state index is -0.249. The molecular formula is C18H17N5O2. The number of aromatic hydroxyl groups is 1. The zero-order valence-electron chi connectivity index (χ0n) is 13.4. The summed E-state index contributed by atoms with van der Waals surface area (Å²) < 4.78 is 0. The lowest BCUT2D eigenvalue weighted by Crippen LogP contribution is -2.26. The number of carbonyl (C=O) groups is 1. The van der Waals surface area contributed by atoms with Crippen LogP contribution in [0.1, 0.15) is 16.1 Å². The largest absolute Gasteiger partial charge is 0.508 e. The first-order valence-electron chi connectivity index (χ1n) is 7.77. The number of nitrogens with one attached hydrogen (secondary N) is 2. The quantitative estimate of drug-likeness (QED) is 0.639. The molecule has 25 heavy (non-hydrogen) atoms. The van der Waals surface area contributed by atoms with Crippen LogP contribution in [0.4, 0.5) is 11.6 Å². The molecule has 2 heterocycles. The van der Waals surface area contributed by atoms with Crippen LogP contribution >= 0.6 is 0 Å². The number of carbonyl (C=O) groups excluding carboxylic acids is 1. The van der Waals surface area contributed by atoms with Crippen LogP contribution in [0.3, 0.4) is 0 Å². The Hall–Kier alpha value is -3.48. The van der Waals surface area contributed by atoms with E-state index < -0.39 is 0 Å². The second-order valence-corrected chi connectivity index (χ2v) is 5.30. The van der Waals surface area contributed by atoms with Gasteiger partial charge in [-0.05, 0) is 36.2 Å². The number of benzene rings is 1. The first-order valence-corrected chi connectivity index (χ1v) is 7.77. The van der Waals surface area contributed by atoms with E-state index in [-0.39, 0.29) is 11.7 Å². The summed E-state index contributed by atoms with van der Waals surface area (Å²) in [4.78, 5) is 24.6. The third-order valence-corrected chi connectivity index (χ3v) is 3.44. The number of anilines is 2. The molecule has 0 radical (unpaired) electrons. The van der Waals surface area contributed by atoms with E-state index in [2.05, 4.69) is 25.6 Å². The summed E-state index contributed by atoms with van der Waals surface area (Å²) in [5.41, 5.74) is 1.35. The minimum Gasteiger partial charge on any atom is -0.508 e. The highest BCUT2D eigenvalue weighted by Gasteiger charge is 2.08. The number of rotatable bonds is 6. The maximum atomic E-state index is 12.2. The highest BCUT2D eigenvalue weighted by atomic mass is 16.3. The normalized spacial score (nSPS) is 10.2. The molecule has 0 spiro atoms. The third-order valence-electron chi connectivity index (χ3n) is 3.44. The maximum Gasteiger partial charge on any atom is 0.269 e. The van der Waals surface area contributed by atoms with Gasteiger partial charge in [0.05, 0.1) is 6.20 Å². The second-order valence-electron chi connectivity index (χ2n) is 5.30. The van der Waals surface area contributed by atoms with Crippen LogP contribution in [0.5, 0.6) is 5.75 Å². The molecule has 0 atom stereocenters. The topological polar surface area (TPSA) is 100 Å². The van der Waals surface area contributed by atoms with Crippen LogP contribution in [-0.4, -0.2) is 32.5 Å². The summed E-state index contributed by atoms with van der Waals surface area (Å²) in [6.07, 6.45) is 5.40. The van der Waals surface area contributed by atoms with Crippen molar-refractivity contribution in [3.05, 3.63) is 72.3 Å². The molecule has 1 amide bonds. The molecule has 3 rings (SSSR count). The number of aromatic nitrogens is 3. The van der Waals surface area contributed by atoms with Crippen molar-refractivity contribution >= 4 is 17.5 Å². The van der Waals surface area contributed by atoms with Crippen LogP contribution in [0.15, 0.2) is 61.1 Å². The lowest BCUT2D eigenvalue weighted by atomic mass is 10.1. The number of pyridine rings is 1. The van der Waals surface area contributed by atoms with Gasteiger partial charge in [-0.25, -0.2) is 9.97 Å². The van der Waals surface area contributed by atoms with E-state index in [1.807, 2.05) is 12.1 Å². The standard InChI is InChI=1S/C18H17N5O2/c24-14-6-4-13(5-7-14)8-9-21-18(25)15-2-1-3-16(22-15)23-17-12-19-10-11-20-17/h1-7,10-12,24H,8-9H2,(H,21,25)(H,20,22,23). The molecule has 3 aromatic rings. The predicted octanol–water partition coefficient (Wildman–Crippen LogP) is 2.29. The minimum absolute atomic E-state index is 0.226. The van der Waals surface area contributed by atoms with E-state index in [0.717, 1.165) is 5.56 Å². The molecule has 7 heteroatoms. The Morgan fingerprint density at radius 2 is 1.88 bits per heavy atom. The lowest BCUT2D eigenvalue weighted by Gasteiger charge is -2.08. The number of phenolic OH excluding ortho intramolecular Hbond substituents is 1.